The van der Waals surface area contributed by atoms with Crippen LogP contribution in [0.25, 0.3) is 0 Å². The summed E-state index contributed by atoms with van der Waals surface area (Å²) in [5.74, 6) is 0. The van der Waals surface area contributed by atoms with Crippen molar-refractivity contribution in [3.63, 3.8) is 0 Å². The van der Waals surface area contributed by atoms with E-state index < -0.39 is 0 Å². The number of hydrogen-bond donors (Lipinski definition) is 1. The Kier molecular flexibility index (Phi) is 5.98. The van der Waals surface area contributed by atoms with Crippen LogP contribution in [-0.4, -0.2) is 24.6 Å². The zero-order valence-corrected chi connectivity index (χ0v) is 11.5. The third-order valence-corrected chi connectivity index (χ3v) is 2.78. The van der Waals surface area contributed by atoms with Gasteiger partial charge in [0, 0.05) is 38.1 Å². The summed E-state index contributed by atoms with van der Waals surface area (Å²) < 4.78 is 0. The van der Waals surface area contributed by atoms with Gasteiger partial charge in [0.2, 0.25) is 0 Å². The monoisotopic (exact) mass is 235 g/mol. The Morgan fingerprint density at radius 2 is 2.18 bits per heavy atom. The first-order valence-electron chi connectivity index (χ1n) is 6.53. The highest BCUT2D eigenvalue weighted by Crippen LogP contribution is 2.13. The van der Waals surface area contributed by atoms with E-state index in [-0.39, 0.29) is 0 Å². The van der Waals surface area contributed by atoms with Crippen LogP contribution in [0.4, 0.5) is 5.69 Å². The summed E-state index contributed by atoms with van der Waals surface area (Å²) in [7, 11) is 2.14. The van der Waals surface area contributed by atoms with Gasteiger partial charge in [0.15, 0.2) is 0 Å². The fourth-order valence-corrected chi connectivity index (χ4v) is 1.63. The van der Waals surface area contributed by atoms with Crippen molar-refractivity contribution in [2.75, 3.05) is 18.5 Å². The molecule has 1 N–H and O–H groups in total. The molecule has 0 aliphatic heterocycles. The standard InChI is InChI=1S/C14H25N3/c1-5-6-9-17(4)14-7-8-15-13(10-14)11-16-12(2)3/h7-8,10,12,16H,5-6,9,11H2,1-4H3. The minimum Gasteiger partial charge on any atom is -0.375 e. The van der Waals surface area contributed by atoms with Gasteiger partial charge in [0.05, 0.1) is 5.69 Å². The number of aromatic nitrogens is 1. The highest BCUT2D eigenvalue weighted by Gasteiger charge is 2.02. The van der Waals surface area contributed by atoms with Crippen LogP contribution < -0.4 is 10.2 Å². The zero-order valence-electron chi connectivity index (χ0n) is 11.5. The number of hydrogen-bond acceptors (Lipinski definition) is 3. The molecular formula is C14H25N3. The van der Waals surface area contributed by atoms with E-state index in [1.165, 1.54) is 18.5 Å². The fourth-order valence-electron chi connectivity index (χ4n) is 1.63. The Morgan fingerprint density at radius 1 is 1.41 bits per heavy atom. The highest BCUT2D eigenvalue weighted by molar-refractivity contribution is 5.45. The molecule has 1 aromatic heterocycles. The van der Waals surface area contributed by atoms with Crippen LogP contribution in [0, 0.1) is 0 Å². The van der Waals surface area contributed by atoms with E-state index in [1.807, 2.05) is 6.20 Å². The first-order chi connectivity index (χ1) is 8.13. The number of pyridine rings is 1. The Hall–Kier alpha value is -1.09. The largest absolute Gasteiger partial charge is 0.375 e. The van der Waals surface area contributed by atoms with E-state index in [2.05, 4.69) is 55.2 Å². The molecule has 1 rings (SSSR count). The Morgan fingerprint density at radius 3 is 2.82 bits per heavy atom. The van der Waals surface area contributed by atoms with E-state index in [0.29, 0.717) is 6.04 Å². The molecule has 0 amide bonds. The molecule has 0 aliphatic carbocycles. The number of anilines is 1. The molecule has 0 bridgehead atoms. The molecule has 0 saturated heterocycles. The molecule has 0 saturated carbocycles. The van der Waals surface area contributed by atoms with Crippen LogP contribution in [0.5, 0.6) is 0 Å². The first-order valence-corrected chi connectivity index (χ1v) is 6.53. The SMILES string of the molecule is CCCCN(C)c1ccnc(CNC(C)C)c1. The molecule has 1 heterocycles. The second-order valence-corrected chi connectivity index (χ2v) is 4.82. The summed E-state index contributed by atoms with van der Waals surface area (Å²) in [6.07, 6.45) is 4.37. The maximum atomic E-state index is 4.38. The zero-order chi connectivity index (χ0) is 12.7. The van der Waals surface area contributed by atoms with Gasteiger partial charge in [0.1, 0.15) is 0 Å². The van der Waals surface area contributed by atoms with Gasteiger partial charge in [-0.25, -0.2) is 0 Å². The quantitative estimate of drug-likeness (QED) is 0.787. The molecule has 0 unspecified atom stereocenters. The normalized spacial score (nSPS) is 10.9. The lowest BCUT2D eigenvalue weighted by atomic mass is 10.2. The van der Waals surface area contributed by atoms with Crippen LogP contribution in [0.3, 0.4) is 0 Å². The van der Waals surface area contributed by atoms with E-state index in [1.54, 1.807) is 0 Å². The summed E-state index contributed by atoms with van der Waals surface area (Å²) in [6.45, 7) is 8.47. The van der Waals surface area contributed by atoms with Crippen molar-refractivity contribution >= 4 is 5.69 Å². The summed E-state index contributed by atoms with van der Waals surface area (Å²) in [5, 5.41) is 3.39. The fraction of sp³-hybridized carbons (Fsp3) is 0.643. The van der Waals surface area contributed by atoms with Gasteiger partial charge >= 0.3 is 0 Å². The van der Waals surface area contributed by atoms with Crippen molar-refractivity contribution < 1.29 is 0 Å². The van der Waals surface area contributed by atoms with E-state index in [0.717, 1.165) is 18.8 Å². The van der Waals surface area contributed by atoms with Gasteiger partial charge in [-0.05, 0) is 18.6 Å². The average Bonchev–Trinajstić information content (AvgIpc) is 2.33. The topological polar surface area (TPSA) is 28.2 Å². The van der Waals surface area contributed by atoms with Crippen molar-refractivity contribution in [3.8, 4) is 0 Å². The molecule has 0 aromatic carbocycles. The summed E-state index contributed by atoms with van der Waals surface area (Å²) in [4.78, 5) is 6.68. The van der Waals surface area contributed by atoms with Gasteiger partial charge in [-0.1, -0.05) is 27.2 Å². The lowest BCUT2D eigenvalue weighted by Crippen LogP contribution is -2.23. The van der Waals surface area contributed by atoms with Crippen molar-refractivity contribution in [1.82, 2.24) is 10.3 Å². The number of nitrogens with one attached hydrogen (secondary N) is 1. The van der Waals surface area contributed by atoms with Gasteiger partial charge < -0.3 is 10.2 Å². The Balaban J connectivity index is 2.58. The minimum absolute atomic E-state index is 0.498. The maximum absolute atomic E-state index is 4.38. The molecule has 0 aliphatic rings. The van der Waals surface area contributed by atoms with Crippen molar-refractivity contribution in [3.05, 3.63) is 24.0 Å². The second kappa shape index (κ2) is 7.28. The van der Waals surface area contributed by atoms with E-state index in [9.17, 15) is 0 Å². The number of unbranched alkanes of at least 4 members (excludes halogenated alkanes) is 1. The van der Waals surface area contributed by atoms with Crippen LogP contribution in [-0.2, 0) is 6.54 Å². The molecule has 3 nitrogen and oxygen atoms in total. The predicted molar refractivity (Wildman–Crippen MR) is 74.4 cm³/mol. The molecule has 0 radical (unpaired) electrons. The number of nitrogens with zero attached hydrogens (tertiary/aromatic N) is 2. The summed E-state index contributed by atoms with van der Waals surface area (Å²) in [6, 6.07) is 4.75. The predicted octanol–water partition coefficient (Wildman–Crippen LogP) is 2.82. The van der Waals surface area contributed by atoms with Crippen molar-refractivity contribution in [1.29, 1.82) is 0 Å². The molecular weight excluding hydrogens is 210 g/mol. The van der Waals surface area contributed by atoms with Gasteiger partial charge in [-0.15, -0.1) is 0 Å². The van der Waals surface area contributed by atoms with Crippen molar-refractivity contribution in [2.24, 2.45) is 0 Å². The molecule has 0 atom stereocenters. The Bertz CT molecular complexity index is 323. The second-order valence-electron chi connectivity index (χ2n) is 4.82. The van der Waals surface area contributed by atoms with Crippen molar-refractivity contribution in [2.45, 2.75) is 46.2 Å². The third-order valence-electron chi connectivity index (χ3n) is 2.78. The third kappa shape index (κ3) is 5.18. The van der Waals surface area contributed by atoms with Gasteiger partial charge in [-0.2, -0.15) is 0 Å². The first kappa shape index (κ1) is 14.0. The van der Waals surface area contributed by atoms with Crippen LogP contribution in [0.1, 0.15) is 39.3 Å². The molecule has 17 heavy (non-hydrogen) atoms. The summed E-state index contributed by atoms with van der Waals surface area (Å²) in [5.41, 5.74) is 2.37. The van der Waals surface area contributed by atoms with Gasteiger partial charge in [0.25, 0.3) is 0 Å². The average molecular weight is 235 g/mol. The summed E-state index contributed by atoms with van der Waals surface area (Å²) >= 11 is 0. The maximum Gasteiger partial charge on any atom is 0.0562 e. The smallest absolute Gasteiger partial charge is 0.0562 e. The molecule has 3 heteroatoms. The lowest BCUT2D eigenvalue weighted by molar-refractivity contribution is 0.581. The van der Waals surface area contributed by atoms with E-state index in [4.69, 9.17) is 0 Å². The van der Waals surface area contributed by atoms with E-state index >= 15 is 0 Å². The molecule has 96 valence electrons. The van der Waals surface area contributed by atoms with Gasteiger partial charge in [-0.3, -0.25) is 4.98 Å². The number of rotatable bonds is 7. The lowest BCUT2D eigenvalue weighted by Gasteiger charge is -2.19. The van der Waals surface area contributed by atoms with Crippen LogP contribution in [0.2, 0.25) is 0 Å². The Labute approximate surface area is 105 Å². The van der Waals surface area contributed by atoms with Crippen LogP contribution in [0.15, 0.2) is 18.3 Å². The molecule has 1 aromatic rings. The highest BCUT2D eigenvalue weighted by atomic mass is 15.1. The molecule has 0 fully saturated rings. The molecule has 0 spiro atoms. The van der Waals surface area contributed by atoms with Crippen LogP contribution >= 0.6 is 0 Å². The minimum atomic E-state index is 0.498.